The van der Waals surface area contributed by atoms with Crippen LogP contribution in [0.2, 0.25) is 5.28 Å². The zero-order valence-electron chi connectivity index (χ0n) is 13.5. The first-order valence-electron chi connectivity index (χ1n) is 7.75. The Morgan fingerprint density at radius 2 is 1.96 bits per heavy atom. The van der Waals surface area contributed by atoms with Crippen LogP contribution in [0.1, 0.15) is 12.0 Å². The van der Waals surface area contributed by atoms with Gasteiger partial charge in [0, 0.05) is 19.6 Å². The third kappa shape index (κ3) is 3.01. The molecule has 0 N–H and O–H groups in total. The van der Waals surface area contributed by atoms with Gasteiger partial charge in [-0.05, 0) is 34.9 Å². The summed E-state index contributed by atoms with van der Waals surface area (Å²) in [5.74, 6) is -0.573. The minimum atomic E-state index is -0.943. The molecule has 0 bridgehead atoms. The molecule has 25 heavy (non-hydrogen) atoms. The number of allylic oxidation sites excluding steroid dienone is 2. The molecule has 0 saturated heterocycles. The molecule has 1 unspecified atom stereocenters. The first kappa shape index (κ1) is 15.8. The summed E-state index contributed by atoms with van der Waals surface area (Å²) in [6, 6.07) is 13.6. The van der Waals surface area contributed by atoms with Crippen molar-refractivity contribution < 1.29 is 9.47 Å². The van der Waals surface area contributed by atoms with E-state index in [0.29, 0.717) is 17.9 Å². The molecule has 1 atom stereocenters. The van der Waals surface area contributed by atoms with Gasteiger partial charge < -0.3 is 9.47 Å². The van der Waals surface area contributed by atoms with Crippen LogP contribution in [-0.4, -0.2) is 32.7 Å². The molecular weight excluding hydrogens is 340 g/mol. The van der Waals surface area contributed by atoms with Gasteiger partial charge in [0.25, 0.3) is 0 Å². The summed E-state index contributed by atoms with van der Waals surface area (Å²) in [6.07, 6.45) is 6.42. The molecule has 2 heterocycles. The molecule has 2 aromatic heterocycles. The molecule has 0 fully saturated rings. The van der Waals surface area contributed by atoms with Gasteiger partial charge in [0.15, 0.2) is 5.65 Å². The summed E-state index contributed by atoms with van der Waals surface area (Å²) in [7, 11) is 1.61. The molecule has 0 radical (unpaired) electrons. The van der Waals surface area contributed by atoms with Crippen LogP contribution in [0.15, 0.2) is 60.7 Å². The lowest BCUT2D eigenvalue weighted by Gasteiger charge is -2.32. The molecule has 7 heteroatoms. The number of fused-ring (bicyclic) bond motifs is 1. The molecule has 0 amide bonds. The molecule has 4 rings (SSSR count). The van der Waals surface area contributed by atoms with Crippen molar-refractivity contribution in [1.82, 2.24) is 19.8 Å². The number of methoxy groups -OCH3 is 1. The maximum atomic E-state index is 6.08. The minimum Gasteiger partial charge on any atom is -0.440 e. The van der Waals surface area contributed by atoms with Gasteiger partial charge in [-0.15, -0.1) is 15.3 Å². The van der Waals surface area contributed by atoms with Gasteiger partial charge in [-0.25, -0.2) is 0 Å². The van der Waals surface area contributed by atoms with Crippen molar-refractivity contribution >= 4 is 22.8 Å². The van der Waals surface area contributed by atoms with Gasteiger partial charge in [0.1, 0.15) is 0 Å². The van der Waals surface area contributed by atoms with E-state index in [4.69, 9.17) is 21.1 Å². The van der Waals surface area contributed by atoms with Gasteiger partial charge in [-0.3, -0.25) is 0 Å². The highest BCUT2D eigenvalue weighted by atomic mass is 35.5. The lowest BCUT2D eigenvalue weighted by molar-refractivity contribution is -0.123. The lowest BCUT2D eigenvalue weighted by atomic mass is 9.93. The summed E-state index contributed by atoms with van der Waals surface area (Å²) >= 11 is 5.98. The SMILES string of the molecule is COC1(Oc2ccc3nnc(Cl)n3n2)C=CC=C(c2ccccc2)C1. The maximum Gasteiger partial charge on any atom is 0.246 e. The van der Waals surface area contributed by atoms with E-state index in [1.54, 1.807) is 19.2 Å². The van der Waals surface area contributed by atoms with Gasteiger partial charge in [0.2, 0.25) is 17.0 Å². The first-order chi connectivity index (χ1) is 12.2. The van der Waals surface area contributed by atoms with Crippen LogP contribution in [0.3, 0.4) is 0 Å². The molecule has 6 nitrogen and oxygen atoms in total. The number of halogens is 1. The summed E-state index contributed by atoms with van der Waals surface area (Å²) in [6.45, 7) is 0. The second-order valence-electron chi connectivity index (χ2n) is 5.62. The second kappa shape index (κ2) is 6.31. The van der Waals surface area contributed by atoms with E-state index in [2.05, 4.69) is 33.5 Å². The average Bonchev–Trinajstić information content (AvgIpc) is 3.03. The number of rotatable bonds is 4. The zero-order chi connectivity index (χ0) is 17.3. The lowest BCUT2D eigenvalue weighted by Crippen LogP contribution is -2.37. The van der Waals surface area contributed by atoms with Crippen LogP contribution in [0.5, 0.6) is 5.88 Å². The van der Waals surface area contributed by atoms with E-state index in [-0.39, 0.29) is 5.28 Å². The molecule has 0 spiro atoms. The third-order valence-corrected chi connectivity index (χ3v) is 4.29. The van der Waals surface area contributed by atoms with Crippen molar-refractivity contribution in [2.45, 2.75) is 12.2 Å². The van der Waals surface area contributed by atoms with Crippen molar-refractivity contribution in [1.29, 1.82) is 0 Å². The maximum absolute atomic E-state index is 6.08. The number of hydrogen-bond donors (Lipinski definition) is 0. The number of aromatic nitrogens is 4. The van der Waals surface area contributed by atoms with Gasteiger partial charge in [-0.2, -0.15) is 4.52 Å². The topological polar surface area (TPSA) is 61.5 Å². The van der Waals surface area contributed by atoms with Crippen molar-refractivity contribution in [2.75, 3.05) is 7.11 Å². The number of nitrogens with zero attached hydrogens (tertiary/aromatic N) is 4. The molecule has 1 aromatic carbocycles. The van der Waals surface area contributed by atoms with Gasteiger partial charge in [0.05, 0.1) is 0 Å². The van der Waals surface area contributed by atoms with Crippen LogP contribution in [0.25, 0.3) is 11.2 Å². The van der Waals surface area contributed by atoms with Crippen molar-refractivity contribution in [3.05, 3.63) is 71.5 Å². The highest BCUT2D eigenvalue weighted by Crippen LogP contribution is 2.33. The Hall–Kier alpha value is -2.70. The molecule has 3 aromatic rings. The quantitative estimate of drug-likeness (QED) is 0.670. The van der Waals surface area contributed by atoms with Crippen LogP contribution in [-0.2, 0) is 4.74 Å². The van der Waals surface area contributed by atoms with Crippen LogP contribution < -0.4 is 4.74 Å². The van der Waals surface area contributed by atoms with Crippen LogP contribution in [0, 0.1) is 0 Å². The average molecular weight is 355 g/mol. The van der Waals surface area contributed by atoms with Gasteiger partial charge in [-0.1, -0.05) is 42.5 Å². The Morgan fingerprint density at radius 3 is 2.76 bits per heavy atom. The predicted molar refractivity (Wildman–Crippen MR) is 94.3 cm³/mol. The number of ether oxygens (including phenoxy) is 2. The molecule has 1 aliphatic rings. The smallest absolute Gasteiger partial charge is 0.246 e. The van der Waals surface area contributed by atoms with Crippen molar-refractivity contribution in [3.63, 3.8) is 0 Å². The number of hydrogen-bond acceptors (Lipinski definition) is 5. The summed E-state index contributed by atoms with van der Waals surface area (Å²) in [4.78, 5) is 0. The molecule has 1 aliphatic carbocycles. The normalized spacial score (nSPS) is 19.8. The van der Waals surface area contributed by atoms with E-state index in [0.717, 1.165) is 11.1 Å². The minimum absolute atomic E-state index is 0.177. The van der Waals surface area contributed by atoms with E-state index < -0.39 is 5.79 Å². The van der Waals surface area contributed by atoms with Crippen molar-refractivity contribution in [2.24, 2.45) is 0 Å². The Bertz CT molecular complexity index is 968. The molecule has 126 valence electrons. The van der Waals surface area contributed by atoms with E-state index in [1.165, 1.54) is 4.52 Å². The molecule has 0 aliphatic heterocycles. The molecular formula is C18H15ClN4O2. The monoisotopic (exact) mass is 354 g/mol. The Kier molecular flexibility index (Phi) is 3.99. The fourth-order valence-electron chi connectivity index (χ4n) is 2.77. The van der Waals surface area contributed by atoms with E-state index in [9.17, 15) is 0 Å². The Balaban J connectivity index is 1.64. The summed E-state index contributed by atoms with van der Waals surface area (Å²) in [5, 5.41) is 12.2. The first-order valence-corrected chi connectivity index (χ1v) is 8.13. The summed E-state index contributed by atoms with van der Waals surface area (Å²) < 4.78 is 13.2. The third-order valence-electron chi connectivity index (χ3n) is 4.05. The van der Waals surface area contributed by atoms with Crippen molar-refractivity contribution in [3.8, 4) is 5.88 Å². The van der Waals surface area contributed by atoms with E-state index in [1.807, 2.05) is 30.4 Å². The van der Waals surface area contributed by atoms with Gasteiger partial charge >= 0.3 is 0 Å². The fourth-order valence-corrected chi connectivity index (χ4v) is 2.94. The highest BCUT2D eigenvalue weighted by Gasteiger charge is 2.33. The number of benzene rings is 1. The Labute approximate surface area is 149 Å². The zero-order valence-corrected chi connectivity index (χ0v) is 14.2. The largest absolute Gasteiger partial charge is 0.440 e. The summed E-state index contributed by atoms with van der Waals surface area (Å²) in [5.41, 5.74) is 2.79. The highest BCUT2D eigenvalue weighted by molar-refractivity contribution is 6.28. The van der Waals surface area contributed by atoms with Crippen LogP contribution in [0.4, 0.5) is 0 Å². The second-order valence-corrected chi connectivity index (χ2v) is 5.96. The predicted octanol–water partition coefficient (Wildman–Crippen LogP) is 3.54. The van der Waals surface area contributed by atoms with E-state index >= 15 is 0 Å². The molecule has 0 saturated carbocycles. The van der Waals surface area contributed by atoms with Crippen LogP contribution >= 0.6 is 11.6 Å². The standard InChI is InChI=1S/C18H15ClN4O2/c1-24-18(11-5-8-14(12-18)13-6-3-2-4-7-13)25-16-10-9-15-20-21-17(19)23(15)22-16/h2-11H,12H2,1H3. The fraction of sp³-hybridized carbons (Fsp3) is 0.167. The Morgan fingerprint density at radius 1 is 1.12 bits per heavy atom.